The Kier molecular flexibility index (Phi) is 7.92. The van der Waals surface area contributed by atoms with Gasteiger partial charge in [0.1, 0.15) is 6.61 Å². The number of Topliss-reactive ketones (excluding diaryl/α,β-unsaturated/α-hetero) is 1. The summed E-state index contributed by atoms with van der Waals surface area (Å²) in [5, 5.41) is 0. The van der Waals surface area contributed by atoms with Crippen LogP contribution in [0.2, 0.25) is 0 Å². The number of ketones is 1. The average molecular weight is 340 g/mol. The predicted octanol–water partition coefficient (Wildman–Crippen LogP) is 4.25. The second-order valence-corrected chi connectivity index (χ2v) is 7.70. The summed E-state index contributed by atoms with van der Waals surface area (Å²) in [5.41, 5.74) is 2.30. The number of hydrogen-bond donors (Lipinski definition) is 0. The van der Waals surface area contributed by atoms with Crippen LogP contribution < -0.4 is 0 Å². The summed E-state index contributed by atoms with van der Waals surface area (Å²) in [6.45, 7) is 7.17. The second kappa shape index (κ2) is 9.18. The number of hydrogen-bond acceptors (Lipinski definition) is 4. The van der Waals surface area contributed by atoms with Crippen molar-refractivity contribution in [2.75, 3.05) is 6.61 Å². The summed E-state index contributed by atoms with van der Waals surface area (Å²) in [6, 6.07) is 3.61. The highest BCUT2D eigenvalue weighted by molar-refractivity contribution is 7.86. The number of unbranched alkanes of at least 4 members (excludes halogenated alkanes) is 4. The van der Waals surface area contributed by atoms with Gasteiger partial charge in [0.2, 0.25) is 0 Å². The minimum absolute atomic E-state index is 0.160. The van der Waals surface area contributed by atoms with E-state index in [1.807, 2.05) is 6.92 Å². The molecule has 0 aliphatic rings. The highest BCUT2D eigenvalue weighted by atomic mass is 32.2. The van der Waals surface area contributed by atoms with Gasteiger partial charge in [0.05, 0.1) is 4.90 Å². The van der Waals surface area contributed by atoms with Crippen LogP contribution in [0.25, 0.3) is 0 Å². The van der Waals surface area contributed by atoms with Crippen molar-refractivity contribution in [3.63, 3.8) is 0 Å². The van der Waals surface area contributed by atoms with Crippen molar-refractivity contribution in [2.45, 2.75) is 71.1 Å². The summed E-state index contributed by atoms with van der Waals surface area (Å²) in [6.07, 6.45) is 5.62. The third kappa shape index (κ3) is 6.43. The van der Waals surface area contributed by atoms with Crippen LogP contribution in [-0.2, 0) is 19.1 Å². The summed E-state index contributed by atoms with van der Waals surface area (Å²) in [5.74, 6) is -0.160. The zero-order valence-corrected chi connectivity index (χ0v) is 15.5. The van der Waals surface area contributed by atoms with Crippen LogP contribution in [0.1, 0.15) is 62.1 Å². The molecule has 0 fully saturated rings. The lowest BCUT2D eigenvalue weighted by atomic mass is 10.1. The van der Waals surface area contributed by atoms with Crippen LogP contribution in [0.3, 0.4) is 0 Å². The van der Waals surface area contributed by atoms with Crippen LogP contribution in [-0.4, -0.2) is 20.8 Å². The molecule has 0 saturated carbocycles. The van der Waals surface area contributed by atoms with Gasteiger partial charge in [-0.25, -0.2) is 0 Å². The first-order chi connectivity index (χ1) is 10.8. The van der Waals surface area contributed by atoms with Gasteiger partial charge < -0.3 is 0 Å². The molecule has 0 spiro atoms. The summed E-state index contributed by atoms with van der Waals surface area (Å²) in [7, 11) is -3.89. The normalized spacial score (nSPS) is 11.7. The first-order valence-corrected chi connectivity index (χ1v) is 9.67. The molecule has 0 aliphatic heterocycles. The Labute approximate surface area is 140 Å². The number of rotatable bonds is 10. The monoisotopic (exact) mass is 340 g/mol. The van der Waals surface area contributed by atoms with Gasteiger partial charge in [-0.1, -0.05) is 50.3 Å². The molecular formula is C18H28O4S. The van der Waals surface area contributed by atoms with Crippen LogP contribution in [0.15, 0.2) is 17.0 Å². The smallest absolute Gasteiger partial charge is 0.297 e. The molecule has 1 rings (SSSR count). The Balaban J connectivity index is 2.58. The molecule has 130 valence electrons. The van der Waals surface area contributed by atoms with E-state index in [1.54, 1.807) is 26.0 Å². The van der Waals surface area contributed by atoms with Gasteiger partial charge in [0.25, 0.3) is 10.1 Å². The molecule has 0 N–H and O–H groups in total. The van der Waals surface area contributed by atoms with Crippen molar-refractivity contribution in [3.8, 4) is 0 Å². The average Bonchev–Trinajstić information content (AvgIpc) is 2.43. The summed E-state index contributed by atoms with van der Waals surface area (Å²) in [4.78, 5) is 12.0. The third-order valence-electron chi connectivity index (χ3n) is 3.79. The number of aryl methyl sites for hydroxylation is 3. The largest absolute Gasteiger partial charge is 0.297 e. The van der Waals surface area contributed by atoms with Gasteiger partial charge in [-0.15, -0.1) is 0 Å². The lowest BCUT2D eigenvalue weighted by molar-refractivity contribution is -0.121. The van der Waals surface area contributed by atoms with E-state index >= 15 is 0 Å². The maximum absolute atomic E-state index is 12.3. The molecule has 4 nitrogen and oxygen atoms in total. The second-order valence-electron chi connectivity index (χ2n) is 6.15. The zero-order valence-electron chi connectivity index (χ0n) is 14.6. The standard InChI is InChI=1S/C18H28O4S/c1-5-6-7-8-9-10-17(19)13-22-23(20,21)18-15(3)11-14(2)12-16(18)4/h11-12H,5-10,13H2,1-4H3. The number of carbonyl (C=O) groups excluding carboxylic acids is 1. The van der Waals surface area contributed by atoms with Gasteiger partial charge in [0, 0.05) is 6.42 Å². The van der Waals surface area contributed by atoms with E-state index in [4.69, 9.17) is 4.18 Å². The SMILES string of the molecule is CCCCCCCC(=O)COS(=O)(=O)c1c(C)cc(C)cc1C. The molecule has 23 heavy (non-hydrogen) atoms. The van der Waals surface area contributed by atoms with Crippen molar-refractivity contribution in [3.05, 3.63) is 28.8 Å². The minimum Gasteiger partial charge on any atom is -0.297 e. The Hall–Kier alpha value is -1.20. The van der Waals surface area contributed by atoms with Gasteiger partial charge in [-0.3, -0.25) is 8.98 Å². The predicted molar refractivity (Wildman–Crippen MR) is 92.2 cm³/mol. The molecule has 0 bridgehead atoms. The van der Waals surface area contributed by atoms with Gasteiger partial charge in [-0.05, 0) is 38.3 Å². The highest BCUT2D eigenvalue weighted by Gasteiger charge is 2.22. The molecule has 0 aliphatic carbocycles. The topological polar surface area (TPSA) is 60.4 Å². The Bertz CT molecular complexity index is 609. The maximum atomic E-state index is 12.3. The fourth-order valence-electron chi connectivity index (χ4n) is 2.76. The van der Waals surface area contributed by atoms with E-state index in [0.717, 1.165) is 31.2 Å². The molecule has 0 aromatic heterocycles. The molecule has 0 radical (unpaired) electrons. The van der Waals surface area contributed by atoms with Gasteiger partial charge >= 0.3 is 0 Å². The minimum atomic E-state index is -3.89. The van der Waals surface area contributed by atoms with Crippen LogP contribution >= 0.6 is 0 Å². The number of benzene rings is 1. The van der Waals surface area contributed by atoms with E-state index in [2.05, 4.69) is 6.92 Å². The molecule has 0 heterocycles. The fourth-order valence-corrected chi connectivity index (χ4v) is 4.07. The van der Waals surface area contributed by atoms with E-state index in [0.29, 0.717) is 17.5 Å². The molecule has 0 amide bonds. The van der Waals surface area contributed by atoms with Crippen molar-refractivity contribution in [2.24, 2.45) is 0 Å². The summed E-state index contributed by atoms with van der Waals surface area (Å²) >= 11 is 0. The van der Waals surface area contributed by atoms with Crippen LogP contribution in [0.4, 0.5) is 0 Å². The molecule has 1 aromatic rings. The molecule has 0 atom stereocenters. The molecule has 5 heteroatoms. The van der Waals surface area contributed by atoms with Crippen molar-refractivity contribution >= 4 is 15.9 Å². The van der Waals surface area contributed by atoms with E-state index in [1.165, 1.54) is 6.42 Å². The Morgan fingerprint density at radius 3 is 2.13 bits per heavy atom. The zero-order chi connectivity index (χ0) is 17.5. The van der Waals surface area contributed by atoms with E-state index in [9.17, 15) is 13.2 Å². The lowest BCUT2D eigenvalue weighted by Crippen LogP contribution is -2.16. The van der Waals surface area contributed by atoms with E-state index in [-0.39, 0.29) is 17.3 Å². The van der Waals surface area contributed by atoms with E-state index < -0.39 is 10.1 Å². The van der Waals surface area contributed by atoms with Crippen molar-refractivity contribution < 1.29 is 17.4 Å². The molecule has 1 aromatic carbocycles. The van der Waals surface area contributed by atoms with Crippen LogP contribution in [0.5, 0.6) is 0 Å². The summed E-state index contributed by atoms with van der Waals surface area (Å²) < 4.78 is 29.6. The Morgan fingerprint density at radius 1 is 1.00 bits per heavy atom. The quantitative estimate of drug-likeness (QED) is 0.472. The Morgan fingerprint density at radius 2 is 1.57 bits per heavy atom. The van der Waals surface area contributed by atoms with Gasteiger partial charge in [0.15, 0.2) is 5.78 Å². The van der Waals surface area contributed by atoms with Crippen LogP contribution in [0, 0.1) is 20.8 Å². The van der Waals surface area contributed by atoms with Crippen molar-refractivity contribution in [1.29, 1.82) is 0 Å². The molecule has 0 saturated heterocycles. The number of carbonyl (C=O) groups is 1. The first-order valence-electron chi connectivity index (χ1n) is 8.27. The molecular weight excluding hydrogens is 312 g/mol. The van der Waals surface area contributed by atoms with Gasteiger partial charge in [-0.2, -0.15) is 8.42 Å². The highest BCUT2D eigenvalue weighted by Crippen LogP contribution is 2.23. The first kappa shape index (κ1) is 19.8. The lowest BCUT2D eigenvalue weighted by Gasteiger charge is -2.12. The molecule has 0 unspecified atom stereocenters. The third-order valence-corrected chi connectivity index (χ3v) is 5.36. The van der Waals surface area contributed by atoms with Crippen molar-refractivity contribution in [1.82, 2.24) is 0 Å². The fraction of sp³-hybridized carbons (Fsp3) is 0.611. The maximum Gasteiger partial charge on any atom is 0.297 e.